The molecule has 0 spiro atoms. The largest absolute Gasteiger partial charge is 0.460 e. The van der Waals surface area contributed by atoms with Gasteiger partial charge in [-0.05, 0) is 20.8 Å². The monoisotopic (exact) mass is 418 g/mol. The zero-order valence-electron chi connectivity index (χ0n) is 13.0. The maximum Gasteiger partial charge on any atom is 0.460 e. The highest BCUT2D eigenvalue weighted by molar-refractivity contribution is 5.15. The SMILES string of the molecule is CC1(C)OC1(C)CC(F)(F)C(F)(F)C(F)(F)C(F)(F)C(F)(F)C(F)(F)F. The number of hydrogen-bond donors (Lipinski definition) is 0. The zero-order chi connectivity index (χ0) is 21.4. The van der Waals surface area contributed by atoms with E-state index in [9.17, 15) is 57.1 Å². The lowest BCUT2D eigenvalue weighted by Gasteiger charge is -2.40. The molecule has 0 aromatic rings. The van der Waals surface area contributed by atoms with Crippen LogP contribution in [0.5, 0.6) is 0 Å². The first-order valence-corrected chi connectivity index (χ1v) is 6.57. The highest BCUT2D eigenvalue weighted by Crippen LogP contribution is 2.63. The molecule has 0 aromatic heterocycles. The van der Waals surface area contributed by atoms with Crippen molar-refractivity contribution in [2.75, 3.05) is 0 Å². The van der Waals surface area contributed by atoms with E-state index >= 15 is 0 Å². The minimum Gasteiger partial charge on any atom is -0.363 e. The molecule has 1 unspecified atom stereocenters. The average Bonchev–Trinajstić information content (AvgIpc) is 2.83. The van der Waals surface area contributed by atoms with Crippen LogP contribution in [0, 0.1) is 0 Å². The molecule has 1 aliphatic rings. The summed E-state index contributed by atoms with van der Waals surface area (Å²) in [5.74, 6) is -36.7. The molecule has 1 heterocycles. The lowest BCUT2D eigenvalue weighted by Crippen LogP contribution is -2.70. The summed E-state index contributed by atoms with van der Waals surface area (Å²) in [6, 6.07) is 0. The molecule has 0 N–H and O–H groups in total. The molecule has 0 amide bonds. The van der Waals surface area contributed by atoms with Crippen LogP contribution in [0.4, 0.5) is 57.1 Å². The summed E-state index contributed by atoms with van der Waals surface area (Å²) in [6.07, 6.45) is -9.73. The van der Waals surface area contributed by atoms with Crippen molar-refractivity contribution in [2.45, 2.75) is 74.2 Å². The number of halogens is 13. The van der Waals surface area contributed by atoms with Crippen LogP contribution in [-0.2, 0) is 4.74 Å². The Morgan fingerprint density at radius 1 is 0.577 bits per heavy atom. The Balaban J connectivity index is 3.35. The van der Waals surface area contributed by atoms with Gasteiger partial charge in [-0.2, -0.15) is 57.1 Å². The number of epoxide rings is 1. The second-order valence-corrected chi connectivity index (χ2v) is 6.52. The molecule has 1 fully saturated rings. The molecule has 1 nitrogen and oxygen atoms in total. The molecule has 1 saturated heterocycles. The predicted molar refractivity (Wildman–Crippen MR) is 59.0 cm³/mol. The van der Waals surface area contributed by atoms with Gasteiger partial charge in [0.25, 0.3) is 0 Å². The Morgan fingerprint density at radius 2 is 0.885 bits per heavy atom. The van der Waals surface area contributed by atoms with Crippen LogP contribution in [0.2, 0.25) is 0 Å². The van der Waals surface area contributed by atoms with Crippen LogP contribution in [0.3, 0.4) is 0 Å². The maximum atomic E-state index is 13.6. The predicted octanol–water partition coefficient (Wildman–Crippen LogP) is 5.68. The minimum atomic E-state index is -7.87. The molecule has 0 saturated carbocycles. The van der Waals surface area contributed by atoms with Crippen molar-refractivity contribution < 1.29 is 61.8 Å². The van der Waals surface area contributed by atoms with E-state index in [0.717, 1.165) is 20.8 Å². The molecular formula is C12H11F13O. The van der Waals surface area contributed by atoms with Gasteiger partial charge in [0.2, 0.25) is 0 Å². The Bertz CT molecular complexity index is 562. The van der Waals surface area contributed by atoms with Crippen LogP contribution in [0.25, 0.3) is 0 Å². The molecule has 1 aliphatic heterocycles. The third-order valence-electron chi connectivity index (χ3n) is 4.27. The molecule has 0 aromatic carbocycles. The molecule has 156 valence electrons. The van der Waals surface area contributed by atoms with Crippen molar-refractivity contribution in [1.29, 1.82) is 0 Å². The average molecular weight is 418 g/mol. The molecule has 14 heteroatoms. The van der Waals surface area contributed by atoms with E-state index in [1.165, 1.54) is 0 Å². The fraction of sp³-hybridized carbons (Fsp3) is 1.00. The fourth-order valence-corrected chi connectivity index (χ4v) is 2.12. The second kappa shape index (κ2) is 5.31. The third kappa shape index (κ3) is 2.82. The van der Waals surface area contributed by atoms with Gasteiger partial charge in [-0.15, -0.1) is 0 Å². The standard InChI is InChI=1S/C12H11F13O/c1-5(2)6(3,26-5)4-7(13,14)8(15,16)9(17,18)10(19,20)11(21,22)12(23,24)25/h4H2,1-3H3. The lowest BCUT2D eigenvalue weighted by molar-refractivity contribution is -0.440. The summed E-state index contributed by atoms with van der Waals surface area (Å²) < 4.78 is 172. The van der Waals surface area contributed by atoms with E-state index in [2.05, 4.69) is 4.74 Å². The summed E-state index contributed by atoms with van der Waals surface area (Å²) in [6.45, 7) is 2.81. The first-order chi connectivity index (χ1) is 10.9. The summed E-state index contributed by atoms with van der Waals surface area (Å²) in [7, 11) is 0. The molecule has 0 bridgehead atoms. The highest BCUT2D eigenvalue weighted by Gasteiger charge is 2.91. The van der Waals surface area contributed by atoms with E-state index in [4.69, 9.17) is 0 Å². The van der Waals surface area contributed by atoms with Crippen molar-refractivity contribution in [3.63, 3.8) is 0 Å². The zero-order valence-corrected chi connectivity index (χ0v) is 13.0. The van der Waals surface area contributed by atoms with Crippen LogP contribution in [0.1, 0.15) is 27.2 Å². The summed E-state index contributed by atoms with van der Waals surface area (Å²) >= 11 is 0. The van der Waals surface area contributed by atoms with Crippen LogP contribution in [0.15, 0.2) is 0 Å². The number of alkyl halides is 13. The third-order valence-corrected chi connectivity index (χ3v) is 4.27. The first kappa shape index (κ1) is 23.1. The summed E-state index contributed by atoms with van der Waals surface area (Å²) in [5, 5.41) is 0. The Kier molecular flexibility index (Phi) is 4.72. The molecule has 0 radical (unpaired) electrons. The van der Waals surface area contributed by atoms with Gasteiger partial charge in [0, 0.05) is 6.42 Å². The topological polar surface area (TPSA) is 12.5 Å². The second-order valence-electron chi connectivity index (χ2n) is 6.52. The van der Waals surface area contributed by atoms with Gasteiger partial charge >= 0.3 is 35.8 Å². The van der Waals surface area contributed by atoms with E-state index in [1.807, 2.05) is 0 Å². The van der Waals surface area contributed by atoms with Gasteiger partial charge in [0.15, 0.2) is 0 Å². The normalized spacial score (nSPS) is 25.4. The summed E-state index contributed by atoms with van der Waals surface area (Å²) in [4.78, 5) is 0. The number of hydrogen-bond acceptors (Lipinski definition) is 1. The molecule has 26 heavy (non-hydrogen) atoms. The molecule has 1 atom stereocenters. The lowest BCUT2D eigenvalue weighted by atomic mass is 9.85. The molecule has 0 aliphatic carbocycles. The maximum absolute atomic E-state index is 13.6. The number of rotatable bonds is 6. The minimum absolute atomic E-state index is 0.720. The highest BCUT2D eigenvalue weighted by atomic mass is 19.4. The van der Waals surface area contributed by atoms with Gasteiger partial charge in [0.1, 0.15) is 5.60 Å². The van der Waals surface area contributed by atoms with Crippen LogP contribution in [-0.4, -0.2) is 47.0 Å². The van der Waals surface area contributed by atoms with E-state index in [1.54, 1.807) is 0 Å². The Labute approximate surface area is 137 Å². The van der Waals surface area contributed by atoms with E-state index in [0.29, 0.717) is 0 Å². The Morgan fingerprint density at radius 3 is 1.15 bits per heavy atom. The quantitative estimate of drug-likeness (QED) is 0.399. The van der Waals surface area contributed by atoms with Crippen molar-refractivity contribution in [1.82, 2.24) is 0 Å². The van der Waals surface area contributed by atoms with E-state index in [-0.39, 0.29) is 0 Å². The van der Waals surface area contributed by atoms with Crippen molar-refractivity contribution in [3.8, 4) is 0 Å². The fourth-order valence-electron chi connectivity index (χ4n) is 2.12. The molecular weight excluding hydrogens is 407 g/mol. The number of ether oxygens (including phenoxy) is 1. The molecule has 1 rings (SSSR count). The summed E-state index contributed by atoms with van der Waals surface area (Å²) in [5.41, 5.74) is -3.79. The van der Waals surface area contributed by atoms with Gasteiger partial charge in [-0.25, -0.2) is 0 Å². The van der Waals surface area contributed by atoms with E-state index < -0.39 is 53.4 Å². The van der Waals surface area contributed by atoms with Gasteiger partial charge in [-0.3, -0.25) is 0 Å². The van der Waals surface area contributed by atoms with Crippen molar-refractivity contribution in [3.05, 3.63) is 0 Å². The first-order valence-electron chi connectivity index (χ1n) is 6.57. The van der Waals surface area contributed by atoms with Gasteiger partial charge in [0.05, 0.1) is 5.60 Å². The van der Waals surface area contributed by atoms with Crippen molar-refractivity contribution in [2.24, 2.45) is 0 Å². The van der Waals surface area contributed by atoms with Crippen molar-refractivity contribution >= 4 is 0 Å². The van der Waals surface area contributed by atoms with Crippen LogP contribution < -0.4 is 0 Å². The van der Waals surface area contributed by atoms with Crippen LogP contribution >= 0.6 is 0 Å². The Hall–Kier alpha value is -0.950. The van der Waals surface area contributed by atoms with Gasteiger partial charge < -0.3 is 4.74 Å². The smallest absolute Gasteiger partial charge is 0.363 e. The van der Waals surface area contributed by atoms with Gasteiger partial charge in [-0.1, -0.05) is 0 Å².